The van der Waals surface area contributed by atoms with E-state index >= 15 is 0 Å². The zero-order chi connectivity index (χ0) is 20.6. The summed E-state index contributed by atoms with van der Waals surface area (Å²) in [7, 11) is 0. The molecular formula is C24H17ClO4. The van der Waals surface area contributed by atoms with Gasteiger partial charge in [-0.2, -0.15) is 0 Å². The standard InChI is InChI=1S/C24H17ClO4/c1-13(26)24-20(23(24,2)21(27)15-7-10-16(25)11-8-15)19-17-6-4-3-5-14(17)9-12-18(19)29-22(24)28/h3-12,20H,1-2H3. The molecule has 0 aromatic heterocycles. The van der Waals surface area contributed by atoms with Crippen LogP contribution in [0.15, 0.2) is 60.7 Å². The van der Waals surface area contributed by atoms with Crippen LogP contribution in [0.5, 0.6) is 5.75 Å². The van der Waals surface area contributed by atoms with E-state index in [0.29, 0.717) is 16.3 Å². The van der Waals surface area contributed by atoms with Crippen molar-refractivity contribution in [3.63, 3.8) is 0 Å². The molecule has 3 unspecified atom stereocenters. The van der Waals surface area contributed by atoms with Crippen molar-refractivity contribution < 1.29 is 19.1 Å². The number of rotatable bonds is 3. The smallest absolute Gasteiger partial charge is 0.326 e. The van der Waals surface area contributed by atoms with Crippen molar-refractivity contribution in [1.82, 2.24) is 0 Å². The first-order valence-corrected chi connectivity index (χ1v) is 9.76. The predicted molar refractivity (Wildman–Crippen MR) is 109 cm³/mol. The maximum Gasteiger partial charge on any atom is 0.326 e. The molecule has 1 saturated carbocycles. The van der Waals surface area contributed by atoms with Crippen molar-refractivity contribution in [2.45, 2.75) is 19.8 Å². The summed E-state index contributed by atoms with van der Waals surface area (Å²) in [5, 5.41) is 2.37. The average molecular weight is 405 g/mol. The summed E-state index contributed by atoms with van der Waals surface area (Å²) < 4.78 is 5.63. The van der Waals surface area contributed by atoms with Crippen LogP contribution in [0.3, 0.4) is 0 Å². The van der Waals surface area contributed by atoms with Crippen LogP contribution in [0.4, 0.5) is 0 Å². The molecule has 0 N–H and O–H groups in total. The Hall–Kier alpha value is -2.98. The first-order valence-electron chi connectivity index (χ1n) is 9.39. The van der Waals surface area contributed by atoms with E-state index in [1.54, 1.807) is 37.3 Å². The van der Waals surface area contributed by atoms with E-state index in [2.05, 4.69) is 0 Å². The van der Waals surface area contributed by atoms with Crippen LogP contribution in [0.25, 0.3) is 10.8 Å². The first-order chi connectivity index (χ1) is 13.8. The Labute approximate surface area is 172 Å². The molecule has 144 valence electrons. The average Bonchev–Trinajstić information content (AvgIpc) is 3.31. The monoisotopic (exact) mass is 404 g/mol. The van der Waals surface area contributed by atoms with Crippen molar-refractivity contribution >= 4 is 39.9 Å². The summed E-state index contributed by atoms with van der Waals surface area (Å²) >= 11 is 5.96. The Bertz CT molecular complexity index is 1230. The molecule has 0 spiro atoms. The lowest BCUT2D eigenvalue weighted by molar-refractivity contribution is -0.147. The molecule has 1 aliphatic carbocycles. The molecule has 0 bridgehead atoms. The van der Waals surface area contributed by atoms with Crippen molar-refractivity contribution in [2.24, 2.45) is 10.8 Å². The Morgan fingerprint density at radius 3 is 2.38 bits per heavy atom. The maximum atomic E-state index is 13.6. The molecule has 1 aliphatic heterocycles. The number of fused-ring (bicyclic) bond motifs is 5. The molecular weight excluding hydrogens is 388 g/mol. The third kappa shape index (κ3) is 2.07. The van der Waals surface area contributed by atoms with Gasteiger partial charge in [-0.25, -0.2) is 0 Å². The van der Waals surface area contributed by atoms with Crippen molar-refractivity contribution in [3.05, 3.63) is 76.8 Å². The summed E-state index contributed by atoms with van der Waals surface area (Å²) in [6.07, 6.45) is 0. The topological polar surface area (TPSA) is 60.4 Å². The molecule has 1 heterocycles. The normalized spacial score (nSPS) is 27.0. The van der Waals surface area contributed by atoms with Gasteiger partial charge in [-0.05, 0) is 48.0 Å². The van der Waals surface area contributed by atoms with E-state index in [9.17, 15) is 14.4 Å². The molecule has 0 radical (unpaired) electrons. The molecule has 2 aliphatic rings. The number of Topliss-reactive ketones (excluding diaryl/α,β-unsaturated/α-hetero) is 2. The fraction of sp³-hybridized carbons (Fsp3) is 0.208. The minimum absolute atomic E-state index is 0.257. The SMILES string of the molecule is CC(=O)C12C(=O)Oc3ccc4ccccc4c3C1C2(C)C(=O)c1ccc(Cl)cc1. The largest absolute Gasteiger partial charge is 0.425 e. The van der Waals surface area contributed by atoms with Gasteiger partial charge in [0.1, 0.15) is 16.9 Å². The van der Waals surface area contributed by atoms with E-state index in [-0.39, 0.29) is 11.6 Å². The van der Waals surface area contributed by atoms with E-state index in [0.717, 1.165) is 16.3 Å². The van der Waals surface area contributed by atoms with E-state index in [4.69, 9.17) is 16.3 Å². The third-order valence-corrected chi connectivity index (χ3v) is 6.88. The highest BCUT2D eigenvalue weighted by molar-refractivity contribution is 6.30. The minimum atomic E-state index is -1.51. The second-order valence-corrected chi connectivity index (χ2v) is 8.36. The maximum absolute atomic E-state index is 13.6. The number of ketones is 2. The Balaban J connectivity index is 1.77. The molecule has 1 fully saturated rings. The van der Waals surface area contributed by atoms with Gasteiger partial charge in [0.2, 0.25) is 0 Å². The number of esters is 1. The molecule has 5 heteroatoms. The molecule has 5 rings (SSSR count). The van der Waals surface area contributed by atoms with Crippen LogP contribution < -0.4 is 4.74 Å². The molecule has 4 nitrogen and oxygen atoms in total. The number of hydrogen-bond donors (Lipinski definition) is 0. The van der Waals surface area contributed by atoms with Gasteiger partial charge in [-0.15, -0.1) is 0 Å². The van der Waals surface area contributed by atoms with E-state index in [1.807, 2.05) is 30.3 Å². The lowest BCUT2D eigenvalue weighted by Gasteiger charge is -2.22. The number of carbonyl (C=O) groups is 3. The molecule has 3 atom stereocenters. The number of ether oxygens (including phenoxy) is 1. The van der Waals surface area contributed by atoms with Crippen LogP contribution in [0.2, 0.25) is 5.02 Å². The minimum Gasteiger partial charge on any atom is -0.425 e. The van der Waals surface area contributed by atoms with Crippen LogP contribution in [0.1, 0.15) is 35.7 Å². The van der Waals surface area contributed by atoms with Gasteiger partial charge in [0, 0.05) is 22.1 Å². The number of benzene rings is 3. The van der Waals surface area contributed by atoms with Gasteiger partial charge < -0.3 is 4.74 Å². The van der Waals surface area contributed by atoms with Crippen molar-refractivity contribution in [1.29, 1.82) is 0 Å². The van der Waals surface area contributed by atoms with Gasteiger partial charge in [0.25, 0.3) is 0 Å². The highest BCUT2D eigenvalue weighted by Gasteiger charge is 2.86. The van der Waals surface area contributed by atoms with Gasteiger partial charge in [0.15, 0.2) is 5.78 Å². The number of carbonyl (C=O) groups excluding carboxylic acids is 3. The molecule has 3 aromatic carbocycles. The van der Waals surface area contributed by atoms with Gasteiger partial charge in [-0.3, -0.25) is 14.4 Å². The van der Waals surface area contributed by atoms with Crippen LogP contribution in [0, 0.1) is 10.8 Å². The van der Waals surface area contributed by atoms with Gasteiger partial charge in [-0.1, -0.05) is 48.9 Å². The van der Waals surface area contributed by atoms with Crippen molar-refractivity contribution in [2.75, 3.05) is 0 Å². The summed E-state index contributed by atoms with van der Waals surface area (Å²) in [6, 6.07) is 17.9. The van der Waals surface area contributed by atoms with Crippen LogP contribution in [-0.2, 0) is 9.59 Å². The summed E-state index contributed by atoms with van der Waals surface area (Å²) in [5.74, 6) is -1.41. The lowest BCUT2D eigenvalue weighted by Crippen LogP contribution is -2.37. The fourth-order valence-electron chi connectivity index (χ4n) is 5.22. The third-order valence-electron chi connectivity index (χ3n) is 6.62. The van der Waals surface area contributed by atoms with Gasteiger partial charge >= 0.3 is 5.97 Å². The first kappa shape index (κ1) is 18.1. The lowest BCUT2D eigenvalue weighted by atomic mass is 9.85. The molecule has 29 heavy (non-hydrogen) atoms. The van der Waals surface area contributed by atoms with E-state index in [1.165, 1.54) is 6.92 Å². The highest BCUT2D eigenvalue weighted by Crippen LogP contribution is 2.79. The van der Waals surface area contributed by atoms with Crippen LogP contribution >= 0.6 is 11.6 Å². The summed E-state index contributed by atoms with van der Waals surface area (Å²) in [4.78, 5) is 39.5. The highest BCUT2D eigenvalue weighted by atomic mass is 35.5. The Kier molecular flexibility index (Phi) is 3.60. The zero-order valence-electron chi connectivity index (χ0n) is 15.9. The fourth-order valence-corrected chi connectivity index (χ4v) is 5.35. The van der Waals surface area contributed by atoms with E-state index < -0.39 is 22.7 Å². The quantitative estimate of drug-likeness (QED) is 0.267. The second kappa shape index (κ2) is 5.77. The summed E-state index contributed by atoms with van der Waals surface area (Å²) in [5.41, 5.74) is -1.57. The van der Waals surface area contributed by atoms with Crippen molar-refractivity contribution in [3.8, 4) is 5.75 Å². The Morgan fingerprint density at radius 1 is 1.00 bits per heavy atom. The Morgan fingerprint density at radius 2 is 1.69 bits per heavy atom. The molecule has 3 aromatic rings. The predicted octanol–water partition coefficient (Wildman–Crippen LogP) is 4.97. The van der Waals surface area contributed by atoms with Crippen LogP contribution in [-0.4, -0.2) is 17.5 Å². The molecule has 0 amide bonds. The number of hydrogen-bond acceptors (Lipinski definition) is 4. The van der Waals surface area contributed by atoms with Gasteiger partial charge in [0.05, 0.1) is 5.41 Å². The molecule has 0 saturated heterocycles. The zero-order valence-corrected chi connectivity index (χ0v) is 16.6. The number of halogens is 1. The second-order valence-electron chi connectivity index (χ2n) is 7.92. The summed E-state index contributed by atoms with van der Waals surface area (Å²) in [6.45, 7) is 3.07.